The summed E-state index contributed by atoms with van der Waals surface area (Å²) in [5, 5.41) is 2.33. The molecule has 1 fully saturated rings. The van der Waals surface area contributed by atoms with Gasteiger partial charge in [-0.05, 0) is 24.1 Å². The van der Waals surface area contributed by atoms with Crippen molar-refractivity contribution in [3.05, 3.63) is 65.7 Å². The highest BCUT2D eigenvalue weighted by molar-refractivity contribution is 5.89. The van der Waals surface area contributed by atoms with Crippen molar-refractivity contribution in [1.29, 1.82) is 0 Å². The third-order valence-corrected chi connectivity index (χ3v) is 3.94. The molecule has 1 heterocycles. The van der Waals surface area contributed by atoms with Crippen LogP contribution in [0.1, 0.15) is 17.9 Å². The van der Waals surface area contributed by atoms with Crippen molar-refractivity contribution >= 4 is 11.7 Å². The second-order valence-electron chi connectivity index (χ2n) is 5.37. The van der Waals surface area contributed by atoms with E-state index in [1.165, 1.54) is 11.6 Å². The van der Waals surface area contributed by atoms with E-state index in [2.05, 4.69) is 5.32 Å². The van der Waals surface area contributed by atoms with Crippen molar-refractivity contribution in [1.82, 2.24) is 4.90 Å². The first-order valence-electron chi connectivity index (χ1n) is 7.20. The van der Waals surface area contributed by atoms with E-state index in [9.17, 15) is 13.6 Å². The molecule has 0 radical (unpaired) electrons. The summed E-state index contributed by atoms with van der Waals surface area (Å²) in [6, 6.07) is 13.0. The molecule has 22 heavy (non-hydrogen) atoms. The van der Waals surface area contributed by atoms with Crippen LogP contribution < -0.4 is 5.32 Å². The number of rotatable bonds is 2. The first-order chi connectivity index (χ1) is 10.6. The highest BCUT2D eigenvalue weighted by Crippen LogP contribution is 2.28. The van der Waals surface area contributed by atoms with Gasteiger partial charge in [0, 0.05) is 19.0 Å². The van der Waals surface area contributed by atoms with Gasteiger partial charge in [0.15, 0.2) is 0 Å². The minimum Gasteiger partial charge on any atom is -0.324 e. The fraction of sp³-hybridized carbons (Fsp3) is 0.235. The van der Waals surface area contributed by atoms with E-state index in [0.29, 0.717) is 13.1 Å². The van der Waals surface area contributed by atoms with Crippen LogP contribution in [0.5, 0.6) is 0 Å². The number of benzene rings is 2. The minimum absolute atomic E-state index is 0.261. The number of carbonyl (C=O) groups excluding carboxylic acids is 1. The number of hydrogen-bond donors (Lipinski definition) is 1. The number of hydrogen-bond acceptors (Lipinski definition) is 1. The van der Waals surface area contributed by atoms with Crippen LogP contribution in [0, 0.1) is 11.6 Å². The second kappa shape index (κ2) is 6.13. The van der Waals surface area contributed by atoms with Gasteiger partial charge in [-0.2, -0.15) is 0 Å². The molecule has 2 amide bonds. The molecular weight excluding hydrogens is 286 g/mol. The van der Waals surface area contributed by atoms with Gasteiger partial charge >= 0.3 is 6.03 Å². The van der Waals surface area contributed by atoms with Gasteiger partial charge in [-0.1, -0.05) is 36.4 Å². The molecule has 1 aliphatic rings. The van der Waals surface area contributed by atoms with E-state index in [4.69, 9.17) is 0 Å². The third kappa shape index (κ3) is 2.93. The first-order valence-corrected chi connectivity index (χ1v) is 7.20. The molecule has 0 saturated carbocycles. The Hall–Kier alpha value is -2.43. The highest BCUT2D eigenvalue weighted by Gasteiger charge is 2.28. The molecule has 0 aromatic heterocycles. The fourth-order valence-corrected chi connectivity index (χ4v) is 2.75. The maximum Gasteiger partial charge on any atom is 0.322 e. The molecule has 2 aromatic carbocycles. The topological polar surface area (TPSA) is 32.3 Å². The van der Waals surface area contributed by atoms with E-state index in [-0.39, 0.29) is 5.92 Å². The van der Waals surface area contributed by atoms with Crippen molar-refractivity contribution < 1.29 is 13.6 Å². The molecule has 114 valence electrons. The van der Waals surface area contributed by atoms with Gasteiger partial charge < -0.3 is 10.2 Å². The van der Waals surface area contributed by atoms with Gasteiger partial charge in [0.2, 0.25) is 0 Å². The largest absolute Gasteiger partial charge is 0.324 e. The van der Waals surface area contributed by atoms with Gasteiger partial charge in [0.25, 0.3) is 0 Å². The predicted octanol–water partition coefficient (Wildman–Crippen LogP) is 3.99. The molecule has 1 atom stereocenters. The maximum absolute atomic E-state index is 13.6. The predicted molar refractivity (Wildman–Crippen MR) is 80.7 cm³/mol. The van der Waals surface area contributed by atoms with E-state index in [1.807, 2.05) is 30.3 Å². The Morgan fingerprint density at radius 1 is 1.05 bits per heavy atom. The Morgan fingerprint density at radius 3 is 2.41 bits per heavy atom. The molecule has 3 nitrogen and oxygen atoms in total. The van der Waals surface area contributed by atoms with Crippen LogP contribution in [0.2, 0.25) is 0 Å². The highest BCUT2D eigenvalue weighted by atomic mass is 19.1. The summed E-state index contributed by atoms with van der Waals surface area (Å²) in [5.74, 6) is -1.28. The molecule has 0 bridgehead atoms. The summed E-state index contributed by atoms with van der Waals surface area (Å²) in [6.45, 7) is 1.12. The average Bonchev–Trinajstić information content (AvgIpc) is 3.02. The monoisotopic (exact) mass is 302 g/mol. The summed E-state index contributed by atoms with van der Waals surface area (Å²) >= 11 is 0. The smallest absolute Gasteiger partial charge is 0.322 e. The zero-order chi connectivity index (χ0) is 15.5. The SMILES string of the molecule is O=C(Nc1c(F)cccc1F)N1CC[C@H](c2ccccc2)C1. The Kier molecular flexibility index (Phi) is 4.04. The number of para-hydroxylation sites is 1. The van der Waals surface area contributed by atoms with Gasteiger partial charge in [-0.25, -0.2) is 13.6 Å². The molecule has 0 spiro atoms. The number of halogens is 2. The number of nitrogens with one attached hydrogen (secondary N) is 1. The standard InChI is InChI=1S/C17H16F2N2O/c18-14-7-4-8-15(19)16(14)20-17(22)21-10-9-13(11-21)12-5-2-1-3-6-12/h1-8,13H,9-11H2,(H,20,22)/t13-/m0/s1. The molecular formula is C17H16F2N2O. The van der Waals surface area contributed by atoms with Crippen molar-refractivity contribution in [2.75, 3.05) is 18.4 Å². The zero-order valence-electron chi connectivity index (χ0n) is 11.9. The van der Waals surface area contributed by atoms with E-state index >= 15 is 0 Å². The van der Waals surface area contributed by atoms with E-state index < -0.39 is 23.4 Å². The number of amides is 2. The van der Waals surface area contributed by atoms with Crippen LogP contribution in [0.15, 0.2) is 48.5 Å². The molecule has 5 heteroatoms. The molecule has 1 aliphatic heterocycles. The van der Waals surface area contributed by atoms with Crippen molar-refractivity contribution in [3.63, 3.8) is 0 Å². The Labute approximate surface area is 127 Å². The van der Waals surface area contributed by atoms with Crippen LogP contribution in [-0.2, 0) is 0 Å². The van der Waals surface area contributed by atoms with Crippen LogP contribution in [-0.4, -0.2) is 24.0 Å². The van der Waals surface area contributed by atoms with Gasteiger partial charge in [0.1, 0.15) is 17.3 Å². The summed E-state index contributed by atoms with van der Waals surface area (Å²) in [6.07, 6.45) is 0.844. The van der Waals surface area contributed by atoms with Crippen molar-refractivity contribution in [2.24, 2.45) is 0 Å². The summed E-state index contributed by atoms with van der Waals surface area (Å²) in [7, 11) is 0. The van der Waals surface area contributed by atoms with Crippen LogP contribution >= 0.6 is 0 Å². The number of likely N-dealkylation sites (tertiary alicyclic amines) is 1. The number of nitrogens with zero attached hydrogens (tertiary/aromatic N) is 1. The lowest BCUT2D eigenvalue weighted by Crippen LogP contribution is -2.33. The van der Waals surface area contributed by atoms with Crippen molar-refractivity contribution in [3.8, 4) is 0 Å². The summed E-state index contributed by atoms with van der Waals surface area (Å²) in [4.78, 5) is 13.8. The van der Waals surface area contributed by atoms with Gasteiger partial charge in [-0.15, -0.1) is 0 Å². The number of urea groups is 1. The first kappa shape index (κ1) is 14.5. The summed E-state index contributed by atoms with van der Waals surface area (Å²) in [5.41, 5.74) is 0.783. The Morgan fingerprint density at radius 2 is 1.73 bits per heavy atom. The van der Waals surface area contributed by atoms with Crippen LogP contribution in [0.4, 0.5) is 19.3 Å². The number of anilines is 1. The second-order valence-corrected chi connectivity index (χ2v) is 5.37. The number of carbonyl (C=O) groups is 1. The maximum atomic E-state index is 13.6. The van der Waals surface area contributed by atoms with E-state index in [1.54, 1.807) is 4.90 Å². The van der Waals surface area contributed by atoms with Crippen LogP contribution in [0.3, 0.4) is 0 Å². The average molecular weight is 302 g/mol. The lowest BCUT2D eigenvalue weighted by atomic mass is 9.99. The molecule has 0 aliphatic carbocycles. The minimum atomic E-state index is -0.771. The lowest BCUT2D eigenvalue weighted by molar-refractivity contribution is 0.221. The van der Waals surface area contributed by atoms with E-state index in [0.717, 1.165) is 18.6 Å². The van der Waals surface area contributed by atoms with Gasteiger partial charge in [0.05, 0.1) is 0 Å². The Balaban J connectivity index is 1.67. The molecule has 1 saturated heterocycles. The zero-order valence-corrected chi connectivity index (χ0v) is 11.9. The Bertz CT molecular complexity index is 655. The molecule has 2 aromatic rings. The molecule has 3 rings (SSSR count). The van der Waals surface area contributed by atoms with Gasteiger partial charge in [-0.3, -0.25) is 0 Å². The van der Waals surface area contributed by atoms with Crippen molar-refractivity contribution in [2.45, 2.75) is 12.3 Å². The third-order valence-electron chi connectivity index (χ3n) is 3.94. The summed E-state index contributed by atoms with van der Waals surface area (Å²) < 4.78 is 27.1. The fourth-order valence-electron chi connectivity index (χ4n) is 2.75. The quantitative estimate of drug-likeness (QED) is 0.894. The molecule has 1 N–H and O–H groups in total. The normalized spacial score (nSPS) is 17.5. The van der Waals surface area contributed by atoms with Crippen LogP contribution in [0.25, 0.3) is 0 Å². The molecule has 0 unspecified atom stereocenters. The lowest BCUT2D eigenvalue weighted by Gasteiger charge is -2.18.